The van der Waals surface area contributed by atoms with Crippen LogP contribution in [0.1, 0.15) is 33.1 Å². The zero-order valence-corrected chi connectivity index (χ0v) is 7.39. The molecule has 11 heavy (non-hydrogen) atoms. The molecule has 0 saturated heterocycles. The van der Waals surface area contributed by atoms with E-state index < -0.39 is 0 Å². The first-order valence-electron chi connectivity index (χ1n) is 4.53. The molecule has 0 bridgehead atoms. The molecule has 1 aliphatic rings. The first-order valence-corrected chi connectivity index (χ1v) is 4.53. The summed E-state index contributed by atoms with van der Waals surface area (Å²) in [7, 11) is 0. The molecular weight excluding hydrogens is 138 g/mol. The van der Waals surface area contributed by atoms with Crippen molar-refractivity contribution in [1.29, 1.82) is 0 Å². The van der Waals surface area contributed by atoms with Gasteiger partial charge in [0.05, 0.1) is 0 Å². The van der Waals surface area contributed by atoms with E-state index in [2.05, 4.69) is 12.2 Å². The Morgan fingerprint density at radius 1 is 1.55 bits per heavy atom. The largest absolute Gasteiger partial charge is 0.356 e. The van der Waals surface area contributed by atoms with Crippen molar-refractivity contribution in [3.63, 3.8) is 0 Å². The summed E-state index contributed by atoms with van der Waals surface area (Å²) in [5.74, 6) is 1.16. The van der Waals surface area contributed by atoms with Gasteiger partial charge in [-0.1, -0.05) is 13.3 Å². The molecule has 2 heteroatoms. The van der Waals surface area contributed by atoms with Crippen LogP contribution in [-0.4, -0.2) is 12.5 Å². The number of amides is 1. The van der Waals surface area contributed by atoms with Crippen molar-refractivity contribution >= 4 is 5.91 Å². The van der Waals surface area contributed by atoms with E-state index in [9.17, 15) is 4.79 Å². The van der Waals surface area contributed by atoms with Gasteiger partial charge >= 0.3 is 0 Å². The maximum atomic E-state index is 11.3. The molecule has 64 valence electrons. The minimum atomic E-state index is 0.262. The fourth-order valence-corrected chi connectivity index (χ4v) is 1.84. The van der Waals surface area contributed by atoms with Gasteiger partial charge in [-0.2, -0.15) is 0 Å². The van der Waals surface area contributed by atoms with Crippen LogP contribution in [0.25, 0.3) is 0 Å². The van der Waals surface area contributed by atoms with Gasteiger partial charge in [-0.3, -0.25) is 4.79 Å². The number of hydrogen-bond donors (Lipinski definition) is 1. The normalized spacial score (nSPS) is 30.4. The second kappa shape index (κ2) is 3.74. The van der Waals surface area contributed by atoms with E-state index in [1.807, 2.05) is 6.92 Å². The topological polar surface area (TPSA) is 29.1 Å². The Hall–Kier alpha value is -0.530. The van der Waals surface area contributed by atoms with Crippen molar-refractivity contribution in [2.45, 2.75) is 33.1 Å². The highest BCUT2D eigenvalue weighted by atomic mass is 16.1. The van der Waals surface area contributed by atoms with Crippen LogP contribution in [0.2, 0.25) is 0 Å². The average molecular weight is 155 g/mol. The Morgan fingerprint density at radius 2 is 2.27 bits per heavy atom. The quantitative estimate of drug-likeness (QED) is 0.644. The number of carbonyl (C=O) groups excluding carboxylic acids is 1. The van der Waals surface area contributed by atoms with E-state index in [0.717, 1.165) is 13.0 Å². The van der Waals surface area contributed by atoms with Crippen molar-refractivity contribution in [2.24, 2.45) is 11.8 Å². The second-order valence-electron chi connectivity index (χ2n) is 3.41. The van der Waals surface area contributed by atoms with Gasteiger partial charge in [-0.05, 0) is 25.7 Å². The molecule has 1 amide bonds. The molecule has 0 radical (unpaired) electrons. The van der Waals surface area contributed by atoms with Crippen LogP contribution in [0.4, 0.5) is 0 Å². The molecule has 1 fully saturated rings. The Morgan fingerprint density at radius 3 is 2.73 bits per heavy atom. The first-order chi connectivity index (χ1) is 5.25. The van der Waals surface area contributed by atoms with Crippen molar-refractivity contribution in [1.82, 2.24) is 5.32 Å². The maximum absolute atomic E-state index is 11.3. The predicted molar refractivity (Wildman–Crippen MR) is 45.2 cm³/mol. The fourth-order valence-electron chi connectivity index (χ4n) is 1.84. The molecule has 0 unspecified atom stereocenters. The third kappa shape index (κ3) is 1.95. The zero-order chi connectivity index (χ0) is 8.27. The van der Waals surface area contributed by atoms with Gasteiger partial charge in [0.1, 0.15) is 0 Å². The second-order valence-corrected chi connectivity index (χ2v) is 3.41. The van der Waals surface area contributed by atoms with Crippen LogP contribution >= 0.6 is 0 Å². The molecule has 1 N–H and O–H groups in total. The Kier molecular flexibility index (Phi) is 2.92. The van der Waals surface area contributed by atoms with Crippen LogP contribution in [0.5, 0.6) is 0 Å². The molecule has 0 aromatic carbocycles. The third-order valence-corrected chi connectivity index (χ3v) is 2.55. The highest BCUT2D eigenvalue weighted by Gasteiger charge is 2.28. The molecule has 0 aliphatic heterocycles. The van der Waals surface area contributed by atoms with Crippen LogP contribution in [-0.2, 0) is 4.79 Å². The van der Waals surface area contributed by atoms with Gasteiger partial charge < -0.3 is 5.32 Å². The van der Waals surface area contributed by atoms with Crippen molar-refractivity contribution < 1.29 is 4.79 Å². The third-order valence-electron chi connectivity index (χ3n) is 2.55. The van der Waals surface area contributed by atoms with Gasteiger partial charge in [0.15, 0.2) is 0 Å². The Bertz CT molecular complexity index is 144. The maximum Gasteiger partial charge on any atom is 0.223 e. The van der Waals surface area contributed by atoms with Crippen molar-refractivity contribution in [3.8, 4) is 0 Å². The molecular formula is C9H17NO. The lowest BCUT2D eigenvalue weighted by atomic mass is 9.97. The number of hydrogen-bond acceptors (Lipinski definition) is 1. The molecule has 2 atom stereocenters. The van der Waals surface area contributed by atoms with Gasteiger partial charge in [-0.15, -0.1) is 0 Å². The van der Waals surface area contributed by atoms with Crippen LogP contribution in [0, 0.1) is 11.8 Å². The van der Waals surface area contributed by atoms with Gasteiger partial charge in [0.25, 0.3) is 0 Å². The van der Waals surface area contributed by atoms with E-state index in [0.29, 0.717) is 11.8 Å². The lowest BCUT2D eigenvalue weighted by Gasteiger charge is -2.13. The van der Waals surface area contributed by atoms with E-state index in [-0.39, 0.29) is 5.91 Å². The Balaban J connectivity index is 2.39. The molecule has 1 saturated carbocycles. The number of carbonyl (C=O) groups is 1. The summed E-state index contributed by atoms with van der Waals surface area (Å²) in [6.07, 6.45) is 3.54. The first kappa shape index (κ1) is 8.57. The van der Waals surface area contributed by atoms with Crippen LogP contribution in [0.3, 0.4) is 0 Å². The zero-order valence-electron chi connectivity index (χ0n) is 7.39. The van der Waals surface area contributed by atoms with Crippen molar-refractivity contribution in [3.05, 3.63) is 0 Å². The summed E-state index contributed by atoms with van der Waals surface area (Å²) in [6, 6.07) is 0. The van der Waals surface area contributed by atoms with Gasteiger partial charge in [0.2, 0.25) is 5.91 Å². The highest BCUT2D eigenvalue weighted by molar-refractivity contribution is 5.79. The summed E-state index contributed by atoms with van der Waals surface area (Å²) < 4.78 is 0. The number of nitrogens with one attached hydrogen (secondary N) is 1. The van der Waals surface area contributed by atoms with E-state index in [1.54, 1.807) is 0 Å². The smallest absolute Gasteiger partial charge is 0.223 e. The Labute approximate surface area is 68.4 Å². The molecule has 0 heterocycles. The summed E-state index contributed by atoms with van der Waals surface area (Å²) in [5, 5.41) is 2.88. The summed E-state index contributed by atoms with van der Waals surface area (Å²) >= 11 is 0. The standard InChI is InChI=1S/C9H17NO/c1-3-10-9(11)8-6-4-5-7(8)2/h7-8H,3-6H2,1-2H3,(H,10,11)/t7-,8+/m1/s1. The van der Waals surface area contributed by atoms with Gasteiger partial charge in [-0.25, -0.2) is 0 Å². The molecule has 1 aliphatic carbocycles. The lowest BCUT2D eigenvalue weighted by Crippen LogP contribution is -2.31. The number of rotatable bonds is 2. The molecule has 0 aromatic rings. The molecule has 1 rings (SSSR count). The minimum Gasteiger partial charge on any atom is -0.356 e. The van der Waals surface area contributed by atoms with Crippen LogP contribution in [0.15, 0.2) is 0 Å². The summed E-state index contributed by atoms with van der Waals surface area (Å²) in [5.41, 5.74) is 0. The summed E-state index contributed by atoms with van der Waals surface area (Å²) in [6.45, 7) is 4.91. The van der Waals surface area contributed by atoms with E-state index in [1.165, 1.54) is 12.8 Å². The fraction of sp³-hybridized carbons (Fsp3) is 0.889. The SMILES string of the molecule is CCNC(=O)[C@H]1CCC[C@H]1C. The van der Waals surface area contributed by atoms with E-state index in [4.69, 9.17) is 0 Å². The monoisotopic (exact) mass is 155 g/mol. The summed E-state index contributed by atoms with van der Waals surface area (Å²) in [4.78, 5) is 11.3. The van der Waals surface area contributed by atoms with Crippen molar-refractivity contribution in [2.75, 3.05) is 6.54 Å². The minimum absolute atomic E-state index is 0.262. The average Bonchev–Trinajstić information content (AvgIpc) is 2.36. The molecule has 0 aromatic heterocycles. The van der Waals surface area contributed by atoms with E-state index >= 15 is 0 Å². The predicted octanol–water partition coefficient (Wildman–Crippen LogP) is 1.56. The molecule has 0 spiro atoms. The van der Waals surface area contributed by atoms with Gasteiger partial charge in [0, 0.05) is 12.5 Å². The highest BCUT2D eigenvalue weighted by Crippen LogP contribution is 2.30. The molecule has 2 nitrogen and oxygen atoms in total. The van der Waals surface area contributed by atoms with Crippen LogP contribution < -0.4 is 5.32 Å². The lowest BCUT2D eigenvalue weighted by molar-refractivity contribution is -0.125.